The van der Waals surface area contributed by atoms with E-state index in [1.54, 1.807) is 19.1 Å². The van der Waals surface area contributed by atoms with Crippen LogP contribution in [0.2, 0.25) is 0 Å². The van der Waals surface area contributed by atoms with Gasteiger partial charge in [0.1, 0.15) is 0 Å². The molecule has 0 radical (unpaired) electrons. The normalized spacial score (nSPS) is 14.2. The number of nitrogens with zero attached hydrogens (tertiary/aromatic N) is 1. The molecule has 0 spiro atoms. The number of halogens is 2. The molecule has 1 rings (SSSR count). The predicted molar refractivity (Wildman–Crippen MR) is 64.9 cm³/mol. The summed E-state index contributed by atoms with van der Waals surface area (Å²) in [5, 5.41) is 0. The van der Waals surface area contributed by atoms with E-state index in [1.807, 2.05) is 0 Å². The zero-order valence-electron chi connectivity index (χ0n) is 10.2. The number of alkyl halides is 2. The van der Waals surface area contributed by atoms with Crippen LogP contribution in [-0.2, 0) is 10.0 Å². The van der Waals surface area contributed by atoms with Crippen molar-refractivity contribution in [3.8, 4) is 0 Å². The zero-order chi connectivity index (χ0) is 13.9. The van der Waals surface area contributed by atoms with E-state index < -0.39 is 23.0 Å². The van der Waals surface area contributed by atoms with Crippen molar-refractivity contribution in [3.63, 3.8) is 0 Å². The molecule has 1 aromatic carbocycles. The monoisotopic (exact) mass is 278 g/mol. The lowest BCUT2D eigenvalue weighted by atomic mass is 10.1. The minimum Gasteiger partial charge on any atom is -0.324 e. The Morgan fingerprint density at radius 2 is 1.78 bits per heavy atom. The maximum atomic E-state index is 12.2. The molecule has 0 heterocycles. The van der Waals surface area contributed by atoms with E-state index in [2.05, 4.69) is 0 Å². The molecule has 18 heavy (non-hydrogen) atoms. The summed E-state index contributed by atoms with van der Waals surface area (Å²) in [5.41, 5.74) is 6.42. The molecule has 0 fully saturated rings. The number of sulfonamides is 1. The lowest BCUT2D eigenvalue weighted by molar-refractivity contribution is 0.126. The van der Waals surface area contributed by atoms with Gasteiger partial charge in [0.05, 0.1) is 11.4 Å². The lowest BCUT2D eigenvalue weighted by Gasteiger charge is -2.17. The van der Waals surface area contributed by atoms with Crippen LogP contribution in [-0.4, -0.2) is 32.7 Å². The fraction of sp³-hybridized carbons (Fsp3) is 0.455. The molecule has 7 heteroatoms. The van der Waals surface area contributed by atoms with Crippen molar-refractivity contribution in [2.75, 3.05) is 13.6 Å². The van der Waals surface area contributed by atoms with Gasteiger partial charge in [-0.1, -0.05) is 12.1 Å². The largest absolute Gasteiger partial charge is 0.324 e. The zero-order valence-corrected chi connectivity index (χ0v) is 11.0. The fourth-order valence-corrected chi connectivity index (χ4v) is 2.56. The second-order valence-electron chi connectivity index (χ2n) is 4.03. The molecule has 2 N–H and O–H groups in total. The molecule has 0 bridgehead atoms. The molecular weight excluding hydrogens is 262 g/mol. The van der Waals surface area contributed by atoms with E-state index in [1.165, 1.54) is 12.1 Å². The van der Waals surface area contributed by atoms with Crippen molar-refractivity contribution < 1.29 is 17.2 Å². The van der Waals surface area contributed by atoms with Crippen molar-refractivity contribution in [1.82, 2.24) is 4.31 Å². The molecule has 1 atom stereocenters. The first kappa shape index (κ1) is 15.0. The molecule has 0 saturated heterocycles. The standard InChI is InChI=1S/C11H16F2N2O2S/c1-8(14)9-3-5-10(6-4-9)18(16,17)15(2)7-11(12)13/h3-6,8,11H,7,14H2,1-2H3. The molecule has 0 aliphatic rings. The van der Waals surface area contributed by atoms with E-state index in [-0.39, 0.29) is 10.9 Å². The summed E-state index contributed by atoms with van der Waals surface area (Å²) in [4.78, 5) is -0.0185. The first-order valence-corrected chi connectivity index (χ1v) is 6.79. The smallest absolute Gasteiger partial charge is 0.252 e. The maximum absolute atomic E-state index is 12.2. The van der Waals surface area contributed by atoms with Crippen LogP contribution in [0.15, 0.2) is 29.2 Å². The molecule has 0 aliphatic carbocycles. The van der Waals surface area contributed by atoms with Crippen molar-refractivity contribution in [3.05, 3.63) is 29.8 Å². The van der Waals surface area contributed by atoms with Crippen LogP contribution < -0.4 is 5.73 Å². The van der Waals surface area contributed by atoms with Gasteiger partial charge in [0, 0.05) is 13.1 Å². The van der Waals surface area contributed by atoms with Gasteiger partial charge >= 0.3 is 0 Å². The quantitative estimate of drug-likeness (QED) is 0.889. The summed E-state index contributed by atoms with van der Waals surface area (Å²) in [6.07, 6.45) is -2.70. The second-order valence-corrected chi connectivity index (χ2v) is 6.08. The van der Waals surface area contributed by atoms with Crippen LogP contribution in [0.3, 0.4) is 0 Å². The van der Waals surface area contributed by atoms with Crippen LogP contribution in [0, 0.1) is 0 Å². The number of benzene rings is 1. The highest BCUT2D eigenvalue weighted by molar-refractivity contribution is 7.89. The fourth-order valence-electron chi connectivity index (χ4n) is 1.42. The third-order valence-corrected chi connectivity index (χ3v) is 4.35. The van der Waals surface area contributed by atoms with Crippen molar-refractivity contribution in [1.29, 1.82) is 0 Å². The third kappa shape index (κ3) is 3.47. The van der Waals surface area contributed by atoms with Crippen LogP contribution in [0.1, 0.15) is 18.5 Å². The molecule has 4 nitrogen and oxygen atoms in total. The number of hydrogen-bond donors (Lipinski definition) is 1. The summed E-state index contributed by atoms with van der Waals surface area (Å²) in [7, 11) is -2.74. The molecule has 0 aromatic heterocycles. The highest BCUT2D eigenvalue weighted by atomic mass is 32.2. The summed E-state index contributed by atoms with van der Waals surface area (Å²) in [5.74, 6) is 0. The summed E-state index contributed by atoms with van der Waals surface area (Å²) >= 11 is 0. The topological polar surface area (TPSA) is 63.4 Å². The van der Waals surface area contributed by atoms with E-state index in [9.17, 15) is 17.2 Å². The Bertz CT molecular complexity index is 486. The second kappa shape index (κ2) is 5.73. The van der Waals surface area contributed by atoms with Gasteiger partial charge in [-0.15, -0.1) is 0 Å². The minimum atomic E-state index is -3.86. The van der Waals surface area contributed by atoms with Gasteiger partial charge in [0.2, 0.25) is 10.0 Å². The van der Waals surface area contributed by atoms with E-state index in [0.29, 0.717) is 4.31 Å². The Morgan fingerprint density at radius 1 is 1.28 bits per heavy atom. The first-order chi connectivity index (χ1) is 8.25. The van der Waals surface area contributed by atoms with E-state index in [4.69, 9.17) is 5.73 Å². The van der Waals surface area contributed by atoms with Gasteiger partial charge in [0.25, 0.3) is 6.43 Å². The number of nitrogens with two attached hydrogens (primary N) is 1. The average molecular weight is 278 g/mol. The maximum Gasteiger partial charge on any atom is 0.252 e. The molecule has 1 unspecified atom stereocenters. The van der Waals surface area contributed by atoms with Gasteiger partial charge in [-0.3, -0.25) is 0 Å². The Balaban J connectivity index is 2.98. The number of hydrogen-bond acceptors (Lipinski definition) is 3. The minimum absolute atomic E-state index is 0.0185. The van der Waals surface area contributed by atoms with Gasteiger partial charge in [0.15, 0.2) is 0 Å². The van der Waals surface area contributed by atoms with Crippen LogP contribution >= 0.6 is 0 Å². The van der Waals surface area contributed by atoms with Crippen LogP contribution in [0.5, 0.6) is 0 Å². The SMILES string of the molecule is CC(N)c1ccc(S(=O)(=O)N(C)CC(F)F)cc1. The summed E-state index contributed by atoms with van der Waals surface area (Å²) < 4.78 is 48.8. The van der Waals surface area contributed by atoms with Gasteiger partial charge in [-0.2, -0.15) is 4.31 Å². The van der Waals surface area contributed by atoms with Crippen molar-refractivity contribution >= 4 is 10.0 Å². The van der Waals surface area contributed by atoms with Crippen LogP contribution in [0.25, 0.3) is 0 Å². The first-order valence-electron chi connectivity index (χ1n) is 5.35. The Labute approximate surface area is 105 Å². The molecule has 1 aromatic rings. The van der Waals surface area contributed by atoms with Gasteiger partial charge in [-0.05, 0) is 24.6 Å². The van der Waals surface area contributed by atoms with Gasteiger partial charge < -0.3 is 5.73 Å². The van der Waals surface area contributed by atoms with Crippen molar-refractivity contribution in [2.45, 2.75) is 24.3 Å². The highest BCUT2D eigenvalue weighted by Crippen LogP contribution is 2.18. The van der Waals surface area contributed by atoms with Crippen LogP contribution in [0.4, 0.5) is 8.78 Å². The summed E-state index contributed by atoms with van der Waals surface area (Å²) in [6, 6.07) is 5.69. The average Bonchev–Trinajstić information content (AvgIpc) is 2.28. The Kier molecular flexibility index (Phi) is 4.78. The summed E-state index contributed by atoms with van der Waals surface area (Å²) in [6.45, 7) is 0.948. The molecule has 102 valence electrons. The molecular formula is C11H16F2N2O2S. The predicted octanol–water partition coefficient (Wildman–Crippen LogP) is 1.59. The molecule has 0 amide bonds. The highest BCUT2D eigenvalue weighted by Gasteiger charge is 2.23. The number of rotatable bonds is 5. The van der Waals surface area contributed by atoms with Crippen molar-refractivity contribution in [2.24, 2.45) is 5.73 Å². The van der Waals surface area contributed by atoms with E-state index in [0.717, 1.165) is 12.6 Å². The third-order valence-electron chi connectivity index (χ3n) is 2.51. The van der Waals surface area contributed by atoms with Gasteiger partial charge in [-0.25, -0.2) is 17.2 Å². The molecule has 0 aliphatic heterocycles. The Hall–Kier alpha value is -1.05. The van der Waals surface area contributed by atoms with E-state index >= 15 is 0 Å². The molecule has 0 saturated carbocycles. The lowest BCUT2D eigenvalue weighted by Crippen LogP contribution is -2.31. The Morgan fingerprint density at radius 3 is 2.17 bits per heavy atom.